The summed E-state index contributed by atoms with van der Waals surface area (Å²) in [4.78, 5) is 23.3. The van der Waals surface area contributed by atoms with Crippen LogP contribution < -0.4 is 0 Å². The van der Waals surface area contributed by atoms with Crippen molar-refractivity contribution in [1.29, 1.82) is 0 Å². The van der Waals surface area contributed by atoms with Crippen molar-refractivity contribution in [3.05, 3.63) is 0 Å². The molecule has 1 rings (SSSR count). The fourth-order valence-corrected chi connectivity index (χ4v) is 2.23. The molecule has 0 saturated heterocycles. The molecule has 0 atom stereocenters. The summed E-state index contributed by atoms with van der Waals surface area (Å²) in [5.74, 6) is -0.781. The Labute approximate surface area is 97.5 Å². The SMILES string of the molecule is CCC(CC)C(=O)OC(=O)C1CCCCC1. The van der Waals surface area contributed by atoms with E-state index >= 15 is 0 Å². The van der Waals surface area contributed by atoms with Crippen LogP contribution in [0.4, 0.5) is 0 Å². The van der Waals surface area contributed by atoms with Crippen molar-refractivity contribution in [3.63, 3.8) is 0 Å². The van der Waals surface area contributed by atoms with Crippen LogP contribution in [0, 0.1) is 11.8 Å². The average Bonchev–Trinajstić information content (AvgIpc) is 2.31. The van der Waals surface area contributed by atoms with Gasteiger partial charge in [-0.25, -0.2) is 0 Å². The molecule has 1 aliphatic carbocycles. The van der Waals surface area contributed by atoms with Crippen LogP contribution >= 0.6 is 0 Å². The second-order valence-electron chi connectivity index (χ2n) is 4.59. The first-order valence-corrected chi connectivity index (χ1v) is 6.44. The van der Waals surface area contributed by atoms with Crippen molar-refractivity contribution < 1.29 is 14.3 Å². The van der Waals surface area contributed by atoms with Gasteiger partial charge in [-0.15, -0.1) is 0 Å². The molecular formula is C13H22O3. The summed E-state index contributed by atoms with van der Waals surface area (Å²) in [6.45, 7) is 3.89. The number of carbonyl (C=O) groups is 2. The zero-order valence-electron chi connectivity index (χ0n) is 10.3. The van der Waals surface area contributed by atoms with Gasteiger partial charge in [0.15, 0.2) is 0 Å². The molecule has 0 heterocycles. The fraction of sp³-hybridized carbons (Fsp3) is 0.846. The Morgan fingerprint density at radius 3 is 2.19 bits per heavy atom. The molecule has 16 heavy (non-hydrogen) atoms. The van der Waals surface area contributed by atoms with E-state index in [0.29, 0.717) is 0 Å². The number of hydrogen-bond acceptors (Lipinski definition) is 3. The molecule has 1 saturated carbocycles. The zero-order chi connectivity index (χ0) is 12.0. The Kier molecular flexibility index (Phi) is 5.50. The van der Waals surface area contributed by atoms with Crippen LogP contribution in [0.15, 0.2) is 0 Å². The first-order chi connectivity index (χ1) is 7.69. The van der Waals surface area contributed by atoms with E-state index in [-0.39, 0.29) is 23.8 Å². The maximum absolute atomic E-state index is 11.7. The van der Waals surface area contributed by atoms with Gasteiger partial charge in [-0.2, -0.15) is 0 Å². The molecule has 0 radical (unpaired) electrons. The number of ether oxygens (including phenoxy) is 1. The summed E-state index contributed by atoms with van der Waals surface area (Å²) in [5, 5.41) is 0. The number of rotatable bonds is 4. The van der Waals surface area contributed by atoms with Crippen molar-refractivity contribution in [2.24, 2.45) is 11.8 Å². The van der Waals surface area contributed by atoms with E-state index < -0.39 is 0 Å². The number of hydrogen-bond donors (Lipinski definition) is 0. The molecule has 0 unspecified atom stereocenters. The average molecular weight is 226 g/mol. The van der Waals surface area contributed by atoms with Gasteiger partial charge >= 0.3 is 11.9 Å². The molecule has 0 amide bonds. The van der Waals surface area contributed by atoms with Gasteiger partial charge in [0.2, 0.25) is 0 Å². The van der Waals surface area contributed by atoms with Crippen molar-refractivity contribution >= 4 is 11.9 Å². The van der Waals surface area contributed by atoms with Crippen LogP contribution in [0.1, 0.15) is 58.8 Å². The van der Waals surface area contributed by atoms with Gasteiger partial charge < -0.3 is 4.74 Å². The van der Waals surface area contributed by atoms with Crippen LogP contribution in [-0.2, 0) is 14.3 Å². The lowest BCUT2D eigenvalue weighted by Gasteiger charge is -2.20. The van der Waals surface area contributed by atoms with Crippen molar-refractivity contribution in [3.8, 4) is 0 Å². The Hall–Kier alpha value is -0.860. The highest BCUT2D eigenvalue weighted by molar-refractivity contribution is 5.87. The minimum atomic E-state index is -0.333. The predicted molar refractivity (Wildman–Crippen MR) is 61.7 cm³/mol. The minimum absolute atomic E-state index is 0.0351. The molecule has 3 nitrogen and oxygen atoms in total. The van der Waals surface area contributed by atoms with Gasteiger partial charge in [0.1, 0.15) is 0 Å². The van der Waals surface area contributed by atoms with Gasteiger partial charge in [0.25, 0.3) is 0 Å². The first kappa shape index (κ1) is 13.2. The summed E-state index contributed by atoms with van der Waals surface area (Å²) in [6.07, 6.45) is 6.62. The van der Waals surface area contributed by atoms with Crippen molar-refractivity contribution in [2.45, 2.75) is 58.8 Å². The molecule has 1 aliphatic rings. The molecule has 0 spiro atoms. The highest BCUT2D eigenvalue weighted by Crippen LogP contribution is 2.25. The Balaban J connectivity index is 2.40. The molecule has 0 aromatic carbocycles. The first-order valence-electron chi connectivity index (χ1n) is 6.44. The predicted octanol–water partition coefficient (Wildman–Crippen LogP) is 3.07. The third kappa shape index (κ3) is 3.62. The molecule has 1 fully saturated rings. The summed E-state index contributed by atoms with van der Waals surface area (Å²) >= 11 is 0. The van der Waals surface area contributed by atoms with Crippen LogP contribution in [0.3, 0.4) is 0 Å². The van der Waals surface area contributed by atoms with Crippen LogP contribution in [0.5, 0.6) is 0 Å². The third-order valence-electron chi connectivity index (χ3n) is 3.46. The maximum atomic E-state index is 11.7. The van der Waals surface area contributed by atoms with E-state index in [1.54, 1.807) is 0 Å². The normalized spacial score (nSPS) is 17.4. The monoisotopic (exact) mass is 226 g/mol. The highest BCUT2D eigenvalue weighted by atomic mass is 16.6. The lowest BCUT2D eigenvalue weighted by molar-refractivity contribution is -0.166. The molecule has 0 aliphatic heterocycles. The van der Waals surface area contributed by atoms with Crippen molar-refractivity contribution in [2.75, 3.05) is 0 Å². The van der Waals surface area contributed by atoms with E-state index in [4.69, 9.17) is 4.74 Å². The van der Waals surface area contributed by atoms with Crippen LogP contribution in [0.2, 0.25) is 0 Å². The number of esters is 2. The second-order valence-corrected chi connectivity index (χ2v) is 4.59. The lowest BCUT2D eigenvalue weighted by Crippen LogP contribution is -2.26. The van der Waals surface area contributed by atoms with Crippen LogP contribution in [0.25, 0.3) is 0 Å². The molecule has 0 bridgehead atoms. The molecular weight excluding hydrogens is 204 g/mol. The van der Waals surface area contributed by atoms with Gasteiger partial charge in [0.05, 0.1) is 11.8 Å². The van der Waals surface area contributed by atoms with E-state index in [2.05, 4.69) is 0 Å². The van der Waals surface area contributed by atoms with E-state index in [0.717, 1.165) is 38.5 Å². The molecule has 3 heteroatoms. The zero-order valence-corrected chi connectivity index (χ0v) is 10.3. The summed E-state index contributed by atoms with van der Waals surface area (Å²) in [6, 6.07) is 0. The molecule has 0 N–H and O–H groups in total. The Bertz CT molecular complexity index is 238. The second kappa shape index (κ2) is 6.66. The molecule has 92 valence electrons. The van der Waals surface area contributed by atoms with Gasteiger partial charge in [-0.05, 0) is 25.7 Å². The largest absolute Gasteiger partial charge is 0.393 e. The topological polar surface area (TPSA) is 43.4 Å². The quantitative estimate of drug-likeness (QED) is 0.546. The highest BCUT2D eigenvalue weighted by Gasteiger charge is 2.26. The van der Waals surface area contributed by atoms with Crippen molar-refractivity contribution in [1.82, 2.24) is 0 Å². The lowest BCUT2D eigenvalue weighted by atomic mass is 9.89. The van der Waals surface area contributed by atoms with Gasteiger partial charge in [-0.1, -0.05) is 33.1 Å². The van der Waals surface area contributed by atoms with E-state index in [9.17, 15) is 9.59 Å². The maximum Gasteiger partial charge on any atom is 0.316 e. The standard InChI is InChI=1S/C13H22O3/c1-3-10(4-2)12(14)16-13(15)11-8-6-5-7-9-11/h10-11H,3-9H2,1-2H3. The molecule has 0 aromatic heterocycles. The summed E-state index contributed by atoms with van der Waals surface area (Å²) in [7, 11) is 0. The number of carbonyl (C=O) groups excluding carboxylic acids is 2. The Morgan fingerprint density at radius 2 is 1.69 bits per heavy atom. The summed E-state index contributed by atoms with van der Waals surface area (Å²) < 4.78 is 4.96. The van der Waals surface area contributed by atoms with E-state index in [1.807, 2.05) is 13.8 Å². The molecule has 0 aromatic rings. The Morgan fingerprint density at radius 1 is 1.12 bits per heavy atom. The van der Waals surface area contributed by atoms with E-state index in [1.165, 1.54) is 6.42 Å². The fourth-order valence-electron chi connectivity index (χ4n) is 2.23. The smallest absolute Gasteiger partial charge is 0.316 e. The van der Waals surface area contributed by atoms with Gasteiger partial charge in [0, 0.05) is 0 Å². The van der Waals surface area contributed by atoms with Crippen LogP contribution in [-0.4, -0.2) is 11.9 Å². The third-order valence-corrected chi connectivity index (χ3v) is 3.46. The van der Waals surface area contributed by atoms with Gasteiger partial charge in [-0.3, -0.25) is 9.59 Å². The minimum Gasteiger partial charge on any atom is -0.393 e. The summed E-state index contributed by atoms with van der Waals surface area (Å²) in [5.41, 5.74) is 0.